The van der Waals surface area contributed by atoms with E-state index >= 15 is 0 Å². The quantitative estimate of drug-likeness (QED) is 0.154. The van der Waals surface area contributed by atoms with Crippen LogP contribution in [0.4, 0.5) is 0 Å². The molecule has 0 saturated heterocycles. The number of furan rings is 3. The van der Waals surface area contributed by atoms with Crippen molar-refractivity contribution < 1.29 is 31.1 Å². The summed E-state index contributed by atoms with van der Waals surface area (Å²) in [5.41, 5.74) is 20.7. The SMILES string of the molecule is [2H]C(C)(C)c1ccc(-c2c(C)ccc3c2oc2nc4ccccc4cc23)[n+](C)c1.[2H]C1(c2ccc(-c3c(C)ccc4c3oc3nc5ccccc5cc34)[n+](C)c2)CCCC1.[2H]C1(c2ccc(-c3c(C)ccc4c3oc3nc5ccccc5cc34)[n+](C)c2)CCCCC1. The van der Waals surface area contributed by atoms with Gasteiger partial charge in [-0.25, -0.2) is 28.7 Å². The van der Waals surface area contributed by atoms with Gasteiger partial charge in [0.2, 0.25) is 34.2 Å². The third-order valence-electron chi connectivity index (χ3n) is 18.9. The molecule has 0 amide bonds. The fraction of sp³-hybridized carbons (Fsp3) is 0.250. The van der Waals surface area contributed by atoms with E-state index < -0.39 is 17.7 Å². The molecule has 2 saturated carbocycles. The van der Waals surface area contributed by atoms with Crippen LogP contribution in [0.2, 0.25) is 0 Å². The molecule has 440 valence electrons. The van der Waals surface area contributed by atoms with Crippen molar-refractivity contribution in [3.63, 3.8) is 0 Å². The maximum absolute atomic E-state index is 9.01. The van der Waals surface area contributed by atoms with Crippen LogP contribution in [-0.4, -0.2) is 15.0 Å². The molecule has 9 aromatic heterocycles. The van der Waals surface area contributed by atoms with Crippen molar-refractivity contribution in [3.05, 3.63) is 216 Å². The number of para-hydroxylation sites is 3. The van der Waals surface area contributed by atoms with Gasteiger partial charge in [0.05, 0.1) is 33.2 Å². The Labute approximate surface area is 523 Å². The van der Waals surface area contributed by atoms with Crippen molar-refractivity contribution in [1.29, 1.82) is 0 Å². The molecule has 9 heteroatoms. The molecule has 2 aliphatic rings. The smallest absolute Gasteiger partial charge is 0.227 e. The lowest BCUT2D eigenvalue weighted by molar-refractivity contribution is -0.661. The number of hydrogen-bond acceptors (Lipinski definition) is 6. The minimum Gasteiger partial charge on any atom is -0.437 e. The molecule has 15 aromatic rings. The van der Waals surface area contributed by atoms with Gasteiger partial charge in [-0.05, 0) is 135 Å². The Hall–Kier alpha value is -9.60. The third kappa shape index (κ3) is 10.1. The number of rotatable bonds is 6. The van der Waals surface area contributed by atoms with Crippen molar-refractivity contribution in [2.45, 2.75) is 110 Å². The van der Waals surface area contributed by atoms with Gasteiger partial charge in [0.1, 0.15) is 21.1 Å². The van der Waals surface area contributed by atoms with Gasteiger partial charge >= 0.3 is 0 Å². The molecule has 2 fully saturated rings. The van der Waals surface area contributed by atoms with Crippen LogP contribution in [0.3, 0.4) is 0 Å². The highest BCUT2D eigenvalue weighted by Crippen LogP contribution is 2.42. The zero-order valence-electron chi connectivity index (χ0n) is 55.1. The Morgan fingerprint density at radius 2 is 0.742 bits per heavy atom. The second-order valence-electron chi connectivity index (χ2n) is 25.0. The first-order valence-electron chi connectivity index (χ1n) is 33.1. The van der Waals surface area contributed by atoms with Gasteiger partial charge in [-0.15, -0.1) is 0 Å². The summed E-state index contributed by atoms with van der Waals surface area (Å²) in [6.07, 6.45) is 16.0. The summed E-state index contributed by atoms with van der Waals surface area (Å²) in [6, 6.07) is 56.6. The van der Waals surface area contributed by atoms with Crippen molar-refractivity contribution in [2.24, 2.45) is 21.1 Å². The van der Waals surface area contributed by atoms with Crippen LogP contribution in [0, 0.1) is 20.8 Å². The van der Waals surface area contributed by atoms with Crippen LogP contribution >= 0.6 is 0 Å². The van der Waals surface area contributed by atoms with Crippen LogP contribution < -0.4 is 13.7 Å². The minimum atomic E-state index is -0.638. The van der Waals surface area contributed by atoms with E-state index in [9.17, 15) is 0 Å². The summed E-state index contributed by atoms with van der Waals surface area (Å²) in [7, 11) is 6.18. The zero-order chi connectivity index (χ0) is 63.4. The van der Waals surface area contributed by atoms with Gasteiger partial charge in [-0.3, -0.25) is 0 Å². The average molecular weight is 1170 g/mol. The van der Waals surface area contributed by atoms with Gasteiger partial charge in [-0.1, -0.05) is 137 Å². The Bertz CT molecular complexity index is 5450. The van der Waals surface area contributed by atoms with Gasteiger partial charge in [0, 0.05) is 87.5 Å². The second kappa shape index (κ2) is 22.8. The van der Waals surface area contributed by atoms with E-state index in [2.05, 4.69) is 164 Å². The molecule has 89 heavy (non-hydrogen) atoms. The standard InChI is InChI=1S/C28H27N2O.C27H25N2O.C25H23N2O/c1-18-12-14-22-23-16-20-10-6-7-11-24(20)29-28(23)31-27(22)26(18)25-15-13-21(17-30(25)2)19-8-4-3-5-9-19;1-17-11-13-21-22-15-19-9-5-6-10-23(19)28-27(22)30-26(21)25(17)24-14-12-20(16-29(24)2)18-7-3-4-8-18;1-15(2)18-10-12-22(27(4)14-18)23-16(3)9-11-19-20-13-17-7-5-6-8-21(17)26-25(20)28-24(19)23/h6-7,10-17,19H,3-5,8-9H2,1-2H3;5-6,9-16,18H,3-4,7-8H2,1-2H3;5-15H,1-4H3/q3*+1/i19D;18D;15D. The van der Waals surface area contributed by atoms with Crippen LogP contribution in [0.25, 0.3) is 133 Å². The van der Waals surface area contributed by atoms with Crippen molar-refractivity contribution in [3.8, 4) is 33.8 Å². The second-order valence-corrected chi connectivity index (χ2v) is 25.0. The van der Waals surface area contributed by atoms with Gasteiger partial charge in [-0.2, -0.15) is 0 Å². The van der Waals surface area contributed by atoms with Gasteiger partial charge < -0.3 is 13.3 Å². The van der Waals surface area contributed by atoms with Crippen LogP contribution in [0.5, 0.6) is 0 Å². The topological polar surface area (TPSA) is 89.7 Å². The number of fused-ring (bicyclic) bond motifs is 12. The first-order chi connectivity index (χ1) is 44.4. The Morgan fingerprint density at radius 3 is 1.09 bits per heavy atom. The molecule has 17 rings (SSSR count). The Balaban J connectivity index is 0.000000115. The van der Waals surface area contributed by atoms with E-state index in [1.54, 1.807) is 0 Å². The van der Waals surface area contributed by atoms with Crippen LogP contribution in [-0.2, 0) is 21.1 Å². The van der Waals surface area contributed by atoms with Crippen molar-refractivity contribution in [1.82, 2.24) is 15.0 Å². The lowest BCUT2D eigenvalue weighted by Crippen LogP contribution is -2.32. The lowest BCUT2D eigenvalue weighted by Gasteiger charge is -2.21. The molecule has 0 bridgehead atoms. The van der Waals surface area contributed by atoms with E-state index in [4.69, 9.17) is 32.3 Å². The molecule has 9 heterocycles. The fourth-order valence-electron chi connectivity index (χ4n) is 14.0. The summed E-state index contributed by atoms with van der Waals surface area (Å²) in [5, 5.41) is 9.72. The summed E-state index contributed by atoms with van der Waals surface area (Å²) < 4.78 is 51.7. The van der Waals surface area contributed by atoms with E-state index in [0.29, 0.717) is 17.1 Å². The average Bonchev–Trinajstić information content (AvgIpc) is 1.59. The molecule has 0 unspecified atom stereocenters. The first kappa shape index (κ1) is 52.5. The normalized spacial score (nSPS) is 15.4. The van der Waals surface area contributed by atoms with Crippen LogP contribution in [0.1, 0.15) is 127 Å². The van der Waals surface area contributed by atoms with E-state index in [0.717, 1.165) is 189 Å². The molecular formula is C80H75N6O3+3. The maximum Gasteiger partial charge on any atom is 0.227 e. The first-order valence-corrected chi connectivity index (χ1v) is 31.6. The summed E-state index contributed by atoms with van der Waals surface area (Å²) in [5.74, 6) is -1.54. The zero-order valence-corrected chi connectivity index (χ0v) is 52.1. The Kier molecular flexibility index (Phi) is 13.5. The monoisotopic (exact) mass is 1170 g/mol. The summed E-state index contributed by atoms with van der Waals surface area (Å²) in [6.45, 7) is 10.2. The number of pyridine rings is 6. The van der Waals surface area contributed by atoms with E-state index in [1.807, 2.05) is 87.8 Å². The molecule has 6 aromatic carbocycles. The number of hydrogen-bond donors (Lipinski definition) is 0. The highest BCUT2D eigenvalue weighted by Gasteiger charge is 2.28. The molecular weight excluding hydrogens is 1090 g/mol. The molecule has 0 atom stereocenters. The number of aromatic nitrogens is 6. The molecule has 0 N–H and O–H groups in total. The van der Waals surface area contributed by atoms with Crippen molar-refractivity contribution in [2.75, 3.05) is 0 Å². The molecule has 9 nitrogen and oxygen atoms in total. The highest BCUT2D eigenvalue weighted by molar-refractivity contribution is 6.14. The largest absolute Gasteiger partial charge is 0.437 e. The van der Waals surface area contributed by atoms with Gasteiger partial charge in [0.25, 0.3) is 0 Å². The summed E-state index contributed by atoms with van der Waals surface area (Å²) >= 11 is 0. The van der Waals surface area contributed by atoms with E-state index in [1.165, 1.54) is 17.5 Å². The fourth-order valence-corrected chi connectivity index (χ4v) is 14.0. The predicted octanol–water partition coefficient (Wildman–Crippen LogP) is 19.6. The number of benzene rings is 6. The third-order valence-corrected chi connectivity index (χ3v) is 18.9. The Morgan fingerprint density at radius 1 is 0.404 bits per heavy atom. The molecule has 0 radical (unpaired) electrons. The minimum absolute atomic E-state index is 0.444. The molecule has 2 aliphatic carbocycles. The summed E-state index contributed by atoms with van der Waals surface area (Å²) in [4.78, 5) is 14.3. The highest BCUT2D eigenvalue weighted by atomic mass is 16.3. The molecule has 0 aliphatic heterocycles. The number of nitrogens with zero attached hydrogens (tertiary/aromatic N) is 6. The maximum atomic E-state index is 9.01. The number of aryl methyl sites for hydroxylation is 6. The molecule has 0 spiro atoms. The lowest BCUT2D eigenvalue weighted by atomic mass is 9.84. The van der Waals surface area contributed by atoms with E-state index in [-0.39, 0.29) is 0 Å². The van der Waals surface area contributed by atoms with Gasteiger partial charge in [0.15, 0.2) is 35.3 Å². The van der Waals surface area contributed by atoms with Crippen LogP contribution in [0.15, 0.2) is 196 Å². The van der Waals surface area contributed by atoms with Crippen molar-refractivity contribution >= 4 is 98.9 Å². The predicted molar refractivity (Wildman–Crippen MR) is 362 cm³/mol.